The first-order chi connectivity index (χ1) is 5.94. The number of carbonyl (C=O) groups excluding carboxylic acids is 1. The summed E-state index contributed by atoms with van der Waals surface area (Å²) in [7, 11) is -0.824. The quantitative estimate of drug-likeness (QED) is 0.595. The molecule has 0 radical (unpaired) electrons. The number of hydrogen-bond acceptors (Lipinski definition) is 5. The van der Waals surface area contributed by atoms with Gasteiger partial charge in [0.1, 0.15) is 5.94 Å². The number of ether oxygens (including phenoxy) is 2. The van der Waals surface area contributed by atoms with E-state index in [0.29, 0.717) is 0 Å². The van der Waals surface area contributed by atoms with Crippen molar-refractivity contribution in [1.82, 2.24) is 0 Å². The second-order valence-corrected chi connectivity index (χ2v) is 5.03. The third kappa shape index (κ3) is 4.23. The fourth-order valence-corrected chi connectivity index (χ4v) is 1.68. The smallest absolute Gasteiger partial charge is 0.306 e. The lowest BCUT2D eigenvalue weighted by Gasteiger charge is -2.10. The van der Waals surface area contributed by atoms with Crippen LogP contribution in [0.25, 0.3) is 0 Å². The van der Waals surface area contributed by atoms with E-state index in [1.807, 2.05) is 0 Å². The minimum absolute atomic E-state index is 0.137. The van der Waals surface area contributed by atoms with Crippen molar-refractivity contribution in [3.05, 3.63) is 0 Å². The van der Waals surface area contributed by atoms with Crippen molar-refractivity contribution in [3.63, 3.8) is 0 Å². The molecule has 0 heterocycles. The number of carbonyl (C=O) groups is 1. The van der Waals surface area contributed by atoms with Crippen molar-refractivity contribution in [3.8, 4) is 0 Å². The summed E-state index contributed by atoms with van der Waals surface area (Å²) in [6.45, 7) is 1.45. The molecule has 6 heteroatoms. The number of sulfone groups is 1. The van der Waals surface area contributed by atoms with E-state index in [1.54, 1.807) is 0 Å². The molecule has 1 unspecified atom stereocenters. The Balaban J connectivity index is 4.25. The molecule has 0 aliphatic rings. The van der Waals surface area contributed by atoms with E-state index in [9.17, 15) is 13.2 Å². The molecule has 0 aliphatic heterocycles. The van der Waals surface area contributed by atoms with E-state index in [0.717, 1.165) is 0 Å². The van der Waals surface area contributed by atoms with Gasteiger partial charge in [0.15, 0.2) is 9.84 Å². The molecular formula is C7H14O5S. The van der Waals surface area contributed by atoms with Crippen LogP contribution in [0.3, 0.4) is 0 Å². The van der Waals surface area contributed by atoms with Gasteiger partial charge in [-0.2, -0.15) is 0 Å². The third-order valence-corrected chi connectivity index (χ3v) is 3.53. The van der Waals surface area contributed by atoms with Gasteiger partial charge in [-0.1, -0.05) is 0 Å². The van der Waals surface area contributed by atoms with E-state index < -0.39 is 21.1 Å². The highest BCUT2D eigenvalue weighted by Gasteiger charge is 2.23. The molecular weight excluding hydrogens is 196 g/mol. The van der Waals surface area contributed by atoms with Crippen LogP contribution in [-0.2, 0) is 24.1 Å². The van der Waals surface area contributed by atoms with Gasteiger partial charge < -0.3 is 9.47 Å². The second kappa shape index (κ2) is 5.18. The molecule has 0 aromatic carbocycles. The summed E-state index contributed by atoms with van der Waals surface area (Å²) in [6, 6.07) is 0. The maximum atomic E-state index is 11.2. The Morgan fingerprint density at radius 2 is 1.92 bits per heavy atom. The van der Waals surface area contributed by atoms with Gasteiger partial charge in [-0.25, -0.2) is 8.42 Å². The van der Waals surface area contributed by atoms with Crippen molar-refractivity contribution >= 4 is 15.8 Å². The molecule has 0 saturated heterocycles. The van der Waals surface area contributed by atoms with E-state index >= 15 is 0 Å². The molecule has 0 aromatic heterocycles. The molecule has 5 nitrogen and oxygen atoms in total. The van der Waals surface area contributed by atoms with Gasteiger partial charge in [-0.3, -0.25) is 4.79 Å². The van der Waals surface area contributed by atoms with Gasteiger partial charge in [-0.05, 0) is 6.92 Å². The lowest BCUT2D eigenvalue weighted by Crippen LogP contribution is -2.25. The number of hydrogen-bond donors (Lipinski definition) is 0. The lowest BCUT2D eigenvalue weighted by molar-refractivity contribution is -0.140. The summed E-state index contributed by atoms with van der Waals surface area (Å²) in [5.74, 6) is -0.905. The van der Waals surface area contributed by atoms with Crippen LogP contribution in [-0.4, -0.2) is 39.8 Å². The van der Waals surface area contributed by atoms with Gasteiger partial charge in [-0.15, -0.1) is 0 Å². The molecule has 78 valence electrons. The normalized spacial score (nSPS) is 13.8. The molecule has 0 saturated carbocycles. The van der Waals surface area contributed by atoms with Crippen LogP contribution < -0.4 is 0 Å². The van der Waals surface area contributed by atoms with E-state index in [2.05, 4.69) is 9.47 Å². The third-order valence-electron chi connectivity index (χ3n) is 1.58. The maximum absolute atomic E-state index is 11.2. The van der Waals surface area contributed by atoms with Crippen LogP contribution in [0.5, 0.6) is 0 Å². The minimum Gasteiger partial charge on any atom is -0.469 e. The van der Waals surface area contributed by atoms with Crippen molar-refractivity contribution < 1.29 is 22.7 Å². The first kappa shape index (κ1) is 12.4. The molecule has 0 aromatic rings. The Labute approximate surface area is 77.9 Å². The van der Waals surface area contributed by atoms with Crippen LogP contribution in [0, 0.1) is 0 Å². The highest BCUT2D eigenvalue weighted by molar-refractivity contribution is 7.91. The standard InChI is InChI=1S/C7H14O5S/c1-6(4-7(8)12-3)13(9,10)5-11-2/h6H,4-5H2,1-3H3. The fraction of sp³-hybridized carbons (Fsp3) is 0.857. The average molecular weight is 210 g/mol. The summed E-state index contributed by atoms with van der Waals surface area (Å²) in [6.07, 6.45) is -0.137. The first-order valence-electron chi connectivity index (χ1n) is 3.71. The zero-order chi connectivity index (χ0) is 10.5. The van der Waals surface area contributed by atoms with Crippen LogP contribution in [0.1, 0.15) is 13.3 Å². The number of methoxy groups -OCH3 is 2. The summed E-state index contributed by atoms with van der Waals surface area (Å²) in [5, 5.41) is -0.764. The topological polar surface area (TPSA) is 69.7 Å². The van der Waals surface area contributed by atoms with E-state index in [-0.39, 0.29) is 12.4 Å². The van der Waals surface area contributed by atoms with Crippen molar-refractivity contribution in [1.29, 1.82) is 0 Å². The maximum Gasteiger partial charge on any atom is 0.306 e. The van der Waals surface area contributed by atoms with Crippen molar-refractivity contribution in [2.75, 3.05) is 20.2 Å². The molecule has 1 atom stereocenters. The van der Waals surface area contributed by atoms with Gasteiger partial charge in [0.05, 0.1) is 18.8 Å². The zero-order valence-corrected chi connectivity index (χ0v) is 8.76. The second-order valence-electron chi connectivity index (χ2n) is 2.66. The minimum atomic E-state index is -3.34. The number of esters is 1. The molecule has 13 heavy (non-hydrogen) atoms. The molecule has 0 aliphatic carbocycles. The summed E-state index contributed by atoms with van der Waals surface area (Å²) in [5.41, 5.74) is 0. The Morgan fingerprint density at radius 1 is 1.38 bits per heavy atom. The highest BCUT2D eigenvalue weighted by atomic mass is 32.2. The Bertz CT molecular complexity index is 256. The average Bonchev–Trinajstić information content (AvgIpc) is 2.04. The van der Waals surface area contributed by atoms with E-state index in [4.69, 9.17) is 0 Å². The molecule has 0 rings (SSSR count). The highest BCUT2D eigenvalue weighted by Crippen LogP contribution is 2.07. The van der Waals surface area contributed by atoms with Crippen LogP contribution in [0.2, 0.25) is 0 Å². The first-order valence-corrected chi connectivity index (χ1v) is 5.43. The van der Waals surface area contributed by atoms with Gasteiger partial charge >= 0.3 is 5.97 Å². The molecule has 0 fully saturated rings. The predicted molar refractivity (Wildman–Crippen MR) is 46.9 cm³/mol. The zero-order valence-electron chi connectivity index (χ0n) is 7.94. The summed E-state index contributed by atoms with van der Waals surface area (Å²) in [4.78, 5) is 10.7. The molecule has 0 N–H and O–H groups in total. The molecule has 0 amide bonds. The van der Waals surface area contributed by atoms with Gasteiger partial charge in [0.2, 0.25) is 0 Å². The van der Waals surface area contributed by atoms with Gasteiger partial charge in [0.25, 0.3) is 0 Å². The van der Waals surface area contributed by atoms with Crippen LogP contribution >= 0.6 is 0 Å². The lowest BCUT2D eigenvalue weighted by atomic mass is 10.3. The SMILES string of the molecule is COCS(=O)(=O)C(C)CC(=O)OC. The summed E-state index contributed by atoms with van der Waals surface area (Å²) < 4.78 is 31.4. The largest absolute Gasteiger partial charge is 0.469 e. The van der Waals surface area contributed by atoms with Crippen molar-refractivity contribution in [2.45, 2.75) is 18.6 Å². The Hall–Kier alpha value is -0.620. The Kier molecular flexibility index (Phi) is 4.94. The van der Waals surface area contributed by atoms with Crippen LogP contribution in [0.4, 0.5) is 0 Å². The molecule has 0 spiro atoms. The number of rotatable bonds is 5. The van der Waals surface area contributed by atoms with Gasteiger partial charge in [0, 0.05) is 7.11 Å². The Morgan fingerprint density at radius 3 is 2.31 bits per heavy atom. The van der Waals surface area contributed by atoms with Crippen LogP contribution in [0.15, 0.2) is 0 Å². The fourth-order valence-electron chi connectivity index (χ4n) is 0.725. The van der Waals surface area contributed by atoms with E-state index in [1.165, 1.54) is 21.1 Å². The predicted octanol–water partition coefficient (Wildman–Crippen LogP) is -0.0433. The molecule has 0 bridgehead atoms. The monoisotopic (exact) mass is 210 g/mol. The van der Waals surface area contributed by atoms with Crippen molar-refractivity contribution in [2.24, 2.45) is 0 Å². The summed E-state index contributed by atoms with van der Waals surface area (Å²) >= 11 is 0.